The maximum absolute atomic E-state index is 12.7. The summed E-state index contributed by atoms with van der Waals surface area (Å²) < 4.78 is 12.7. The number of rotatable bonds is 2. The zero-order valence-corrected chi connectivity index (χ0v) is 7.94. The molecule has 2 nitrogen and oxygen atoms in total. The zero-order chi connectivity index (χ0) is 10.6. The number of hydrogen-bond acceptors (Lipinski definition) is 1. The molecule has 1 aromatic carbocycles. The normalized spacial score (nSPS) is 9.21. The Labute approximate surface area is 86.1 Å². The molecule has 0 aromatic heterocycles. The SMILES string of the molecule is C#CCNC(=O)c1ccc(F)c(Cl)c1. The van der Waals surface area contributed by atoms with Gasteiger partial charge in [0.05, 0.1) is 11.6 Å². The van der Waals surface area contributed by atoms with Gasteiger partial charge in [-0.25, -0.2) is 4.39 Å². The van der Waals surface area contributed by atoms with E-state index in [-0.39, 0.29) is 23.0 Å². The van der Waals surface area contributed by atoms with Crippen LogP contribution < -0.4 is 5.32 Å². The minimum absolute atomic E-state index is 0.0849. The van der Waals surface area contributed by atoms with E-state index < -0.39 is 5.82 Å². The van der Waals surface area contributed by atoms with E-state index in [0.717, 1.165) is 6.07 Å². The molecule has 0 bridgehead atoms. The molecule has 0 unspecified atom stereocenters. The summed E-state index contributed by atoms with van der Waals surface area (Å²) in [5.74, 6) is 1.33. The lowest BCUT2D eigenvalue weighted by atomic mass is 10.2. The van der Waals surface area contributed by atoms with Crippen molar-refractivity contribution >= 4 is 17.5 Å². The molecule has 0 saturated heterocycles. The van der Waals surface area contributed by atoms with Crippen LogP contribution in [0.2, 0.25) is 5.02 Å². The summed E-state index contributed by atoms with van der Waals surface area (Å²) in [7, 11) is 0. The first kappa shape index (κ1) is 10.6. The summed E-state index contributed by atoms with van der Waals surface area (Å²) in [6.07, 6.45) is 4.96. The van der Waals surface area contributed by atoms with E-state index in [2.05, 4.69) is 11.2 Å². The maximum atomic E-state index is 12.7. The van der Waals surface area contributed by atoms with Gasteiger partial charge in [-0.3, -0.25) is 4.79 Å². The summed E-state index contributed by atoms with van der Waals surface area (Å²) in [6.45, 7) is 0.133. The third-order valence-corrected chi connectivity index (χ3v) is 1.82. The first-order valence-electron chi connectivity index (χ1n) is 3.82. The van der Waals surface area contributed by atoms with E-state index >= 15 is 0 Å². The van der Waals surface area contributed by atoms with Crippen molar-refractivity contribution in [3.8, 4) is 12.3 Å². The van der Waals surface area contributed by atoms with Crippen molar-refractivity contribution in [1.29, 1.82) is 0 Å². The number of carbonyl (C=O) groups is 1. The number of carbonyl (C=O) groups excluding carboxylic acids is 1. The molecule has 1 amide bonds. The Morgan fingerprint density at radius 1 is 1.64 bits per heavy atom. The fourth-order valence-corrected chi connectivity index (χ4v) is 1.05. The molecule has 1 rings (SSSR count). The molecule has 1 N–H and O–H groups in total. The number of hydrogen-bond donors (Lipinski definition) is 1. The molecule has 14 heavy (non-hydrogen) atoms. The van der Waals surface area contributed by atoms with Gasteiger partial charge >= 0.3 is 0 Å². The van der Waals surface area contributed by atoms with Crippen LogP contribution in [0.25, 0.3) is 0 Å². The lowest BCUT2D eigenvalue weighted by Gasteiger charge is -2.02. The predicted molar refractivity (Wildman–Crippen MR) is 52.6 cm³/mol. The molecular weight excluding hydrogens is 205 g/mol. The molecule has 0 fully saturated rings. The van der Waals surface area contributed by atoms with Gasteiger partial charge in [-0.1, -0.05) is 17.5 Å². The molecule has 0 spiro atoms. The van der Waals surface area contributed by atoms with Crippen LogP contribution in [0, 0.1) is 18.2 Å². The predicted octanol–water partition coefficient (Wildman–Crippen LogP) is 1.84. The van der Waals surface area contributed by atoms with Gasteiger partial charge in [-0.2, -0.15) is 0 Å². The Hall–Kier alpha value is -1.53. The Kier molecular flexibility index (Phi) is 3.49. The second-order valence-electron chi connectivity index (χ2n) is 2.52. The maximum Gasteiger partial charge on any atom is 0.252 e. The minimum Gasteiger partial charge on any atom is -0.341 e. The summed E-state index contributed by atoms with van der Waals surface area (Å²) >= 11 is 5.50. The first-order chi connectivity index (χ1) is 6.65. The van der Waals surface area contributed by atoms with E-state index in [1.165, 1.54) is 12.1 Å². The molecule has 0 aliphatic heterocycles. The molecule has 0 atom stereocenters. The lowest BCUT2D eigenvalue weighted by molar-refractivity contribution is 0.0958. The van der Waals surface area contributed by atoms with Crippen LogP contribution in [0.1, 0.15) is 10.4 Å². The highest BCUT2D eigenvalue weighted by atomic mass is 35.5. The Bertz CT molecular complexity index is 398. The fraction of sp³-hybridized carbons (Fsp3) is 0.100. The second kappa shape index (κ2) is 4.64. The number of terminal acetylenes is 1. The highest BCUT2D eigenvalue weighted by molar-refractivity contribution is 6.31. The van der Waals surface area contributed by atoms with Crippen molar-refractivity contribution in [3.05, 3.63) is 34.6 Å². The van der Waals surface area contributed by atoms with Crippen LogP contribution in [0.15, 0.2) is 18.2 Å². The molecule has 0 saturated carbocycles. The fourth-order valence-electron chi connectivity index (χ4n) is 0.871. The van der Waals surface area contributed by atoms with Crippen molar-refractivity contribution in [2.75, 3.05) is 6.54 Å². The van der Waals surface area contributed by atoms with Crippen LogP contribution in [0.5, 0.6) is 0 Å². The molecular formula is C10H7ClFNO. The molecule has 1 aromatic rings. The second-order valence-corrected chi connectivity index (χ2v) is 2.92. The average molecular weight is 212 g/mol. The highest BCUT2D eigenvalue weighted by Crippen LogP contribution is 2.15. The van der Waals surface area contributed by atoms with Crippen molar-refractivity contribution in [3.63, 3.8) is 0 Å². The van der Waals surface area contributed by atoms with Crippen LogP contribution >= 0.6 is 11.6 Å². The van der Waals surface area contributed by atoms with E-state index in [1.54, 1.807) is 0 Å². The third kappa shape index (κ3) is 2.48. The van der Waals surface area contributed by atoms with E-state index in [0.29, 0.717) is 0 Å². The largest absolute Gasteiger partial charge is 0.341 e. The van der Waals surface area contributed by atoms with Gasteiger partial charge in [0, 0.05) is 5.56 Å². The van der Waals surface area contributed by atoms with Crippen LogP contribution in [-0.4, -0.2) is 12.5 Å². The number of halogens is 2. The quantitative estimate of drug-likeness (QED) is 0.744. The van der Waals surface area contributed by atoms with Gasteiger partial charge in [0.25, 0.3) is 5.91 Å². The van der Waals surface area contributed by atoms with Crippen LogP contribution in [-0.2, 0) is 0 Å². The summed E-state index contributed by atoms with van der Waals surface area (Å²) in [5, 5.41) is 2.35. The number of benzene rings is 1. The molecule has 0 aliphatic rings. The van der Waals surface area contributed by atoms with Crippen LogP contribution in [0.4, 0.5) is 4.39 Å². The molecule has 0 heterocycles. The van der Waals surface area contributed by atoms with Gasteiger partial charge in [-0.15, -0.1) is 6.42 Å². The molecule has 72 valence electrons. The minimum atomic E-state index is -0.555. The Morgan fingerprint density at radius 3 is 2.93 bits per heavy atom. The smallest absolute Gasteiger partial charge is 0.252 e. The summed E-state index contributed by atoms with van der Waals surface area (Å²) in [5.41, 5.74) is 0.284. The summed E-state index contributed by atoms with van der Waals surface area (Å²) in [6, 6.07) is 3.73. The zero-order valence-electron chi connectivity index (χ0n) is 7.18. The monoisotopic (exact) mass is 211 g/mol. The molecule has 4 heteroatoms. The van der Waals surface area contributed by atoms with Crippen molar-refractivity contribution in [1.82, 2.24) is 5.32 Å². The van der Waals surface area contributed by atoms with Crippen molar-refractivity contribution < 1.29 is 9.18 Å². The topological polar surface area (TPSA) is 29.1 Å². The number of nitrogens with one attached hydrogen (secondary N) is 1. The average Bonchev–Trinajstić information content (AvgIpc) is 2.18. The van der Waals surface area contributed by atoms with E-state index in [4.69, 9.17) is 18.0 Å². The summed E-state index contributed by atoms with van der Waals surface area (Å²) in [4.78, 5) is 11.3. The van der Waals surface area contributed by atoms with Gasteiger partial charge in [0.15, 0.2) is 0 Å². The highest BCUT2D eigenvalue weighted by Gasteiger charge is 2.07. The van der Waals surface area contributed by atoms with Gasteiger partial charge in [-0.05, 0) is 18.2 Å². The van der Waals surface area contributed by atoms with E-state index in [1.807, 2.05) is 0 Å². The van der Waals surface area contributed by atoms with Gasteiger partial charge < -0.3 is 5.32 Å². The van der Waals surface area contributed by atoms with Crippen molar-refractivity contribution in [2.45, 2.75) is 0 Å². The third-order valence-electron chi connectivity index (χ3n) is 1.53. The van der Waals surface area contributed by atoms with Crippen molar-refractivity contribution in [2.24, 2.45) is 0 Å². The van der Waals surface area contributed by atoms with Gasteiger partial charge in [0.2, 0.25) is 0 Å². The van der Waals surface area contributed by atoms with E-state index in [9.17, 15) is 9.18 Å². The van der Waals surface area contributed by atoms with Crippen LogP contribution in [0.3, 0.4) is 0 Å². The number of amides is 1. The molecule has 0 aliphatic carbocycles. The Morgan fingerprint density at radius 2 is 2.36 bits per heavy atom. The lowest BCUT2D eigenvalue weighted by Crippen LogP contribution is -2.23. The Balaban J connectivity index is 2.82. The molecule has 0 radical (unpaired) electrons. The van der Waals surface area contributed by atoms with Gasteiger partial charge in [0.1, 0.15) is 5.82 Å². The first-order valence-corrected chi connectivity index (χ1v) is 4.19. The standard InChI is InChI=1S/C10H7ClFNO/c1-2-5-13-10(14)7-3-4-9(12)8(11)6-7/h1,3-4,6H,5H2,(H,13,14).